The summed E-state index contributed by atoms with van der Waals surface area (Å²) in [5.74, 6) is 1.74. The van der Waals surface area contributed by atoms with Crippen LogP contribution in [0.1, 0.15) is 31.4 Å². The van der Waals surface area contributed by atoms with E-state index in [0.29, 0.717) is 6.04 Å². The normalized spacial score (nSPS) is 23.2. The monoisotopic (exact) mass is 223 g/mol. The van der Waals surface area contributed by atoms with Gasteiger partial charge in [-0.05, 0) is 32.9 Å². The SMILES string of the molecule is CCC1CN(Cc2ncc(C)o2)CCCN1. The molecule has 1 aromatic heterocycles. The third kappa shape index (κ3) is 3.06. The summed E-state index contributed by atoms with van der Waals surface area (Å²) in [6, 6.07) is 0.610. The van der Waals surface area contributed by atoms with Crippen molar-refractivity contribution in [2.75, 3.05) is 19.6 Å². The summed E-state index contributed by atoms with van der Waals surface area (Å²) in [5.41, 5.74) is 0. The molecule has 0 bridgehead atoms. The van der Waals surface area contributed by atoms with Crippen LogP contribution in [0.15, 0.2) is 10.6 Å². The summed E-state index contributed by atoms with van der Waals surface area (Å²) in [4.78, 5) is 6.69. The molecule has 1 atom stereocenters. The Morgan fingerprint density at radius 1 is 1.62 bits per heavy atom. The molecule has 1 aliphatic rings. The van der Waals surface area contributed by atoms with Gasteiger partial charge in [-0.1, -0.05) is 6.92 Å². The summed E-state index contributed by atoms with van der Waals surface area (Å²) in [7, 11) is 0. The van der Waals surface area contributed by atoms with E-state index >= 15 is 0 Å². The molecule has 2 rings (SSSR count). The second kappa shape index (κ2) is 5.46. The van der Waals surface area contributed by atoms with Gasteiger partial charge in [0.25, 0.3) is 0 Å². The molecule has 1 saturated heterocycles. The van der Waals surface area contributed by atoms with E-state index in [-0.39, 0.29) is 0 Å². The molecule has 2 heterocycles. The lowest BCUT2D eigenvalue weighted by Crippen LogP contribution is -2.36. The highest BCUT2D eigenvalue weighted by molar-refractivity contribution is 4.91. The summed E-state index contributed by atoms with van der Waals surface area (Å²) in [6.07, 6.45) is 4.18. The fourth-order valence-corrected chi connectivity index (χ4v) is 2.16. The highest BCUT2D eigenvalue weighted by atomic mass is 16.4. The number of hydrogen-bond donors (Lipinski definition) is 1. The Labute approximate surface area is 97.0 Å². The Bertz CT molecular complexity index is 324. The van der Waals surface area contributed by atoms with Gasteiger partial charge in [0.1, 0.15) is 5.76 Å². The molecule has 0 spiro atoms. The van der Waals surface area contributed by atoms with E-state index in [9.17, 15) is 0 Å². The third-order valence-electron chi connectivity index (χ3n) is 3.08. The molecule has 1 unspecified atom stereocenters. The van der Waals surface area contributed by atoms with Crippen molar-refractivity contribution in [3.63, 3.8) is 0 Å². The van der Waals surface area contributed by atoms with E-state index in [1.165, 1.54) is 12.8 Å². The molecule has 4 nitrogen and oxygen atoms in total. The number of oxazole rings is 1. The molecule has 1 aliphatic heterocycles. The van der Waals surface area contributed by atoms with E-state index in [4.69, 9.17) is 4.42 Å². The fourth-order valence-electron chi connectivity index (χ4n) is 2.16. The molecule has 1 fully saturated rings. The van der Waals surface area contributed by atoms with Crippen LogP contribution in [0.5, 0.6) is 0 Å². The zero-order chi connectivity index (χ0) is 11.4. The molecule has 1 N–H and O–H groups in total. The van der Waals surface area contributed by atoms with E-state index in [1.54, 1.807) is 6.20 Å². The van der Waals surface area contributed by atoms with Crippen molar-refractivity contribution in [2.45, 2.75) is 39.3 Å². The number of hydrogen-bond acceptors (Lipinski definition) is 4. The molecule has 0 saturated carbocycles. The van der Waals surface area contributed by atoms with Crippen LogP contribution in [0.2, 0.25) is 0 Å². The maximum Gasteiger partial charge on any atom is 0.208 e. The van der Waals surface area contributed by atoms with Crippen molar-refractivity contribution < 1.29 is 4.42 Å². The van der Waals surface area contributed by atoms with Crippen LogP contribution in [0, 0.1) is 6.92 Å². The topological polar surface area (TPSA) is 41.3 Å². The van der Waals surface area contributed by atoms with Crippen LogP contribution >= 0.6 is 0 Å². The average molecular weight is 223 g/mol. The Morgan fingerprint density at radius 3 is 3.19 bits per heavy atom. The van der Waals surface area contributed by atoms with Gasteiger partial charge < -0.3 is 9.73 Å². The quantitative estimate of drug-likeness (QED) is 0.844. The maximum atomic E-state index is 5.52. The summed E-state index contributed by atoms with van der Waals surface area (Å²) < 4.78 is 5.52. The highest BCUT2D eigenvalue weighted by Crippen LogP contribution is 2.09. The second-order valence-electron chi connectivity index (χ2n) is 4.51. The molecule has 0 aromatic carbocycles. The Hall–Kier alpha value is -0.870. The summed E-state index contributed by atoms with van der Waals surface area (Å²) in [6.45, 7) is 8.36. The van der Waals surface area contributed by atoms with Crippen LogP contribution in [0.3, 0.4) is 0 Å². The van der Waals surface area contributed by atoms with Gasteiger partial charge in [-0.25, -0.2) is 4.98 Å². The van der Waals surface area contributed by atoms with Gasteiger partial charge in [0, 0.05) is 12.6 Å². The first kappa shape index (κ1) is 11.6. The first-order valence-electron chi connectivity index (χ1n) is 6.15. The maximum absolute atomic E-state index is 5.52. The number of rotatable bonds is 3. The second-order valence-corrected chi connectivity index (χ2v) is 4.51. The first-order chi connectivity index (χ1) is 7.78. The Balaban J connectivity index is 1.92. The zero-order valence-electron chi connectivity index (χ0n) is 10.2. The third-order valence-corrected chi connectivity index (χ3v) is 3.08. The van der Waals surface area contributed by atoms with Gasteiger partial charge in [0.15, 0.2) is 0 Å². The van der Waals surface area contributed by atoms with Gasteiger partial charge in [-0.15, -0.1) is 0 Å². The molecule has 0 aliphatic carbocycles. The van der Waals surface area contributed by atoms with Crippen LogP contribution in [-0.2, 0) is 6.54 Å². The minimum absolute atomic E-state index is 0.610. The number of nitrogens with zero attached hydrogens (tertiary/aromatic N) is 2. The van der Waals surface area contributed by atoms with Crippen LogP contribution < -0.4 is 5.32 Å². The first-order valence-corrected chi connectivity index (χ1v) is 6.15. The van der Waals surface area contributed by atoms with Crippen molar-refractivity contribution in [1.29, 1.82) is 0 Å². The van der Waals surface area contributed by atoms with E-state index in [0.717, 1.165) is 37.8 Å². The predicted molar refractivity (Wildman–Crippen MR) is 63.2 cm³/mol. The van der Waals surface area contributed by atoms with Crippen molar-refractivity contribution >= 4 is 0 Å². The minimum Gasteiger partial charge on any atom is -0.445 e. The van der Waals surface area contributed by atoms with Crippen molar-refractivity contribution in [3.8, 4) is 0 Å². The lowest BCUT2D eigenvalue weighted by atomic mass is 10.2. The lowest BCUT2D eigenvalue weighted by Gasteiger charge is -2.21. The molecule has 4 heteroatoms. The molecular weight excluding hydrogens is 202 g/mol. The van der Waals surface area contributed by atoms with Gasteiger partial charge >= 0.3 is 0 Å². The molecule has 16 heavy (non-hydrogen) atoms. The molecule has 90 valence electrons. The van der Waals surface area contributed by atoms with Crippen molar-refractivity contribution in [3.05, 3.63) is 17.8 Å². The van der Waals surface area contributed by atoms with E-state index < -0.39 is 0 Å². The average Bonchev–Trinajstić information content (AvgIpc) is 2.55. The Kier molecular flexibility index (Phi) is 3.96. The van der Waals surface area contributed by atoms with Gasteiger partial charge in [-0.2, -0.15) is 0 Å². The summed E-state index contributed by atoms with van der Waals surface area (Å²) in [5, 5.41) is 3.56. The molecular formula is C12H21N3O. The largest absolute Gasteiger partial charge is 0.445 e. The van der Waals surface area contributed by atoms with Crippen molar-refractivity contribution in [1.82, 2.24) is 15.2 Å². The van der Waals surface area contributed by atoms with E-state index in [2.05, 4.69) is 22.1 Å². The molecule has 0 radical (unpaired) electrons. The number of aryl methyl sites for hydroxylation is 1. The number of nitrogens with one attached hydrogen (secondary N) is 1. The fraction of sp³-hybridized carbons (Fsp3) is 0.750. The highest BCUT2D eigenvalue weighted by Gasteiger charge is 2.17. The van der Waals surface area contributed by atoms with E-state index in [1.807, 2.05) is 6.92 Å². The van der Waals surface area contributed by atoms with Gasteiger partial charge in [0.2, 0.25) is 5.89 Å². The number of aromatic nitrogens is 1. The van der Waals surface area contributed by atoms with Crippen LogP contribution in [0.25, 0.3) is 0 Å². The molecule has 1 aromatic rings. The standard InChI is InChI=1S/C12H21N3O/c1-3-11-8-15(6-4-5-13-11)9-12-14-7-10(2)16-12/h7,11,13H,3-6,8-9H2,1-2H3. The zero-order valence-corrected chi connectivity index (χ0v) is 10.2. The van der Waals surface area contributed by atoms with Crippen molar-refractivity contribution in [2.24, 2.45) is 0 Å². The smallest absolute Gasteiger partial charge is 0.208 e. The van der Waals surface area contributed by atoms with Crippen LogP contribution in [-0.4, -0.2) is 35.6 Å². The van der Waals surface area contributed by atoms with Gasteiger partial charge in [0.05, 0.1) is 12.7 Å². The lowest BCUT2D eigenvalue weighted by molar-refractivity contribution is 0.231. The molecule has 0 amide bonds. The minimum atomic E-state index is 0.610. The summed E-state index contributed by atoms with van der Waals surface area (Å²) >= 11 is 0. The van der Waals surface area contributed by atoms with Crippen LogP contribution in [0.4, 0.5) is 0 Å². The van der Waals surface area contributed by atoms with Gasteiger partial charge in [-0.3, -0.25) is 4.90 Å². The Morgan fingerprint density at radius 2 is 2.50 bits per heavy atom. The predicted octanol–water partition coefficient (Wildman–Crippen LogP) is 1.56.